The molecule has 22 heavy (non-hydrogen) atoms. The zero-order chi connectivity index (χ0) is 15.4. The van der Waals surface area contributed by atoms with E-state index >= 15 is 0 Å². The van der Waals surface area contributed by atoms with Gasteiger partial charge in [-0.2, -0.15) is 11.3 Å². The van der Waals surface area contributed by atoms with Gasteiger partial charge in [0.15, 0.2) is 0 Å². The monoisotopic (exact) mass is 314 g/mol. The van der Waals surface area contributed by atoms with Gasteiger partial charge in [0.1, 0.15) is 0 Å². The third-order valence-electron chi connectivity index (χ3n) is 4.52. The summed E-state index contributed by atoms with van der Waals surface area (Å²) < 4.78 is 0. The van der Waals surface area contributed by atoms with E-state index < -0.39 is 0 Å². The first-order chi connectivity index (χ1) is 10.8. The van der Waals surface area contributed by atoms with Crippen molar-refractivity contribution in [3.05, 3.63) is 57.8 Å². The van der Waals surface area contributed by atoms with E-state index in [0.717, 1.165) is 19.6 Å². The minimum absolute atomic E-state index is 0.396. The Balaban J connectivity index is 1.90. The van der Waals surface area contributed by atoms with E-state index in [2.05, 4.69) is 65.2 Å². The molecule has 1 aromatic heterocycles. The van der Waals surface area contributed by atoms with E-state index in [0.29, 0.717) is 12.0 Å². The van der Waals surface area contributed by atoms with Crippen molar-refractivity contribution >= 4 is 11.3 Å². The van der Waals surface area contributed by atoms with Crippen LogP contribution in [0.15, 0.2) is 41.1 Å². The molecule has 0 amide bonds. The molecule has 1 fully saturated rings. The van der Waals surface area contributed by atoms with Crippen molar-refractivity contribution in [1.82, 2.24) is 10.2 Å². The summed E-state index contributed by atoms with van der Waals surface area (Å²) in [4.78, 5) is 2.63. The van der Waals surface area contributed by atoms with Crippen LogP contribution < -0.4 is 5.32 Å². The topological polar surface area (TPSA) is 15.3 Å². The first kappa shape index (κ1) is 15.7. The predicted octanol–water partition coefficient (Wildman–Crippen LogP) is 4.26. The van der Waals surface area contributed by atoms with Crippen LogP contribution >= 0.6 is 11.3 Å². The van der Waals surface area contributed by atoms with Crippen LogP contribution in [0, 0.1) is 0 Å². The van der Waals surface area contributed by atoms with Gasteiger partial charge < -0.3 is 5.32 Å². The summed E-state index contributed by atoms with van der Waals surface area (Å²) >= 11 is 1.80. The molecule has 0 radical (unpaired) electrons. The summed E-state index contributed by atoms with van der Waals surface area (Å²) in [5, 5.41) is 8.01. The molecule has 3 rings (SSSR count). The Morgan fingerprint density at radius 3 is 2.41 bits per heavy atom. The number of nitrogens with one attached hydrogen (secondary N) is 1. The lowest BCUT2D eigenvalue weighted by atomic mass is 9.95. The Morgan fingerprint density at radius 1 is 0.955 bits per heavy atom. The van der Waals surface area contributed by atoms with Crippen LogP contribution in [0.1, 0.15) is 48.9 Å². The van der Waals surface area contributed by atoms with Gasteiger partial charge in [0.25, 0.3) is 0 Å². The Bertz CT molecular complexity index is 552. The molecule has 1 atom stereocenters. The Hall–Kier alpha value is -1.16. The average Bonchev–Trinajstić information content (AvgIpc) is 2.91. The molecule has 0 saturated carbocycles. The fourth-order valence-electron chi connectivity index (χ4n) is 3.23. The Kier molecular flexibility index (Phi) is 5.29. The van der Waals surface area contributed by atoms with E-state index in [1.54, 1.807) is 11.3 Å². The minimum Gasteiger partial charge on any atom is -0.315 e. The van der Waals surface area contributed by atoms with Gasteiger partial charge in [0.2, 0.25) is 0 Å². The quantitative estimate of drug-likeness (QED) is 0.907. The van der Waals surface area contributed by atoms with E-state index in [4.69, 9.17) is 0 Å². The van der Waals surface area contributed by atoms with Crippen LogP contribution in [0.5, 0.6) is 0 Å². The fraction of sp³-hybridized carbons (Fsp3) is 0.474. The Labute approximate surface area is 138 Å². The number of hydrogen-bond acceptors (Lipinski definition) is 3. The van der Waals surface area contributed by atoms with Crippen molar-refractivity contribution in [3.63, 3.8) is 0 Å². The highest BCUT2D eigenvalue weighted by molar-refractivity contribution is 7.08. The number of hydrogen-bond donors (Lipinski definition) is 1. The maximum absolute atomic E-state index is 3.51. The highest BCUT2D eigenvalue weighted by atomic mass is 32.1. The molecular formula is C19H26N2S. The van der Waals surface area contributed by atoms with Gasteiger partial charge in [-0.1, -0.05) is 38.1 Å². The van der Waals surface area contributed by atoms with Crippen LogP contribution in [0.3, 0.4) is 0 Å². The molecule has 1 aromatic carbocycles. The fourth-order valence-corrected chi connectivity index (χ4v) is 3.91. The van der Waals surface area contributed by atoms with Crippen molar-refractivity contribution in [2.24, 2.45) is 0 Å². The smallest absolute Gasteiger partial charge is 0.0610 e. The second-order valence-corrected chi connectivity index (χ2v) is 7.20. The molecule has 1 unspecified atom stereocenters. The van der Waals surface area contributed by atoms with Crippen molar-refractivity contribution in [2.45, 2.75) is 32.2 Å². The van der Waals surface area contributed by atoms with Crippen LogP contribution in [0.25, 0.3) is 0 Å². The molecule has 2 nitrogen and oxygen atoms in total. The molecule has 1 aliphatic rings. The van der Waals surface area contributed by atoms with Crippen LogP contribution in [-0.4, -0.2) is 31.1 Å². The molecule has 2 heterocycles. The number of benzene rings is 1. The van der Waals surface area contributed by atoms with Gasteiger partial charge in [-0.25, -0.2) is 0 Å². The second kappa shape index (κ2) is 7.40. The zero-order valence-electron chi connectivity index (χ0n) is 13.6. The predicted molar refractivity (Wildman–Crippen MR) is 95.8 cm³/mol. The van der Waals surface area contributed by atoms with Gasteiger partial charge in [0.05, 0.1) is 6.04 Å². The molecule has 1 saturated heterocycles. The summed E-state index contributed by atoms with van der Waals surface area (Å²) in [5.41, 5.74) is 4.28. The lowest BCUT2D eigenvalue weighted by molar-refractivity contribution is 0.241. The molecule has 1 aliphatic heterocycles. The summed E-state index contributed by atoms with van der Waals surface area (Å²) in [5.74, 6) is 0.594. The normalized spacial score (nSPS) is 18.3. The molecule has 0 bridgehead atoms. The van der Waals surface area contributed by atoms with E-state index in [-0.39, 0.29) is 0 Å². The van der Waals surface area contributed by atoms with E-state index in [1.165, 1.54) is 29.7 Å². The summed E-state index contributed by atoms with van der Waals surface area (Å²) in [7, 11) is 0. The number of thiophene rings is 1. The van der Waals surface area contributed by atoms with Gasteiger partial charge in [-0.05, 0) is 52.4 Å². The highest BCUT2D eigenvalue weighted by Gasteiger charge is 2.23. The van der Waals surface area contributed by atoms with Crippen LogP contribution in [0.2, 0.25) is 0 Å². The number of nitrogens with zero attached hydrogens (tertiary/aromatic N) is 1. The van der Waals surface area contributed by atoms with Gasteiger partial charge in [-0.15, -0.1) is 0 Å². The maximum atomic E-state index is 3.51. The van der Waals surface area contributed by atoms with Crippen molar-refractivity contribution in [1.29, 1.82) is 0 Å². The van der Waals surface area contributed by atoms with Gasteiger partial charge in [-0.3, -0.25) is 4.90 Å². The molecular weight excluding hydrogens is 288 g/mol. The van der Waals surface area contributed by atoms with Gasteiger partial charge in [0, 0.05) is 19.6 Å². The number of rotatable bonds is 4. The highest BCUT2D eigenvalue weighted by Crippen LogP contribution is 2.31. The standard InChI is InChI=1S/C19H26N2S/c1-15(2)16-4-6-17(7-5-16)19(18-8-13-22-14-18)21-11-3-9-20-10-12-21/h4-8,13-15,19-20H,3,9-12H2,1-2H3. The lowest BCUT2D eigenvalue weighted by Gasteiger charge is -2.30. The molecule has 2 aromatic rings. The summed E-state index contributed by atoms with van der Waals surface area (Å²) in [6.07, 6.45) is 1.23. The summed E-state index contributed by atoms with van der Waals surface area (Å²) in [6.45, 7) is 9.02. The summed E-state index contributed by atoms with van der Waals surface area (Å²) in [6, 6.07) is 11.9. The van der Waals surface area contributed by atoms with Crippen molar-refractivity contribution in [2.75, 3.05) is 26.2 Å². The second-order valence-electron chi connectivity index (χ2n) is 6.42. The SMILES string of the molecule is CC(C)c1ccc(C(c2ccsc2)N2CCCNCC2)cc1. The third kappa shape index (κ3) is 3.60. The van der Waals surface area contributed by atoms with Crippen molar-refractivity contribution < 1.29 is 0 Å². The third-order valence-corrected chi connectivity index (χ3v) is 5.22. The average molecular weight is 314 g/mol. The van der Waals surface area contributed by atoms with Gasteiger partial charge >= 0.3 is 0 Å². The molecule has 1 N–H and O–H groups in total. The molecule has 118 valence electrons. The van der Waals surface area contributed by atoms with Crippen molar-refractivity contribution in [3.8, 4) is 0 Å². The molecule has 3 heteroatoms. The minimum atomic E-state index is 0.396. The van der Waals surface area contributed by atoms with Crippen LogP contribution in [0.4, 0.5) is 0 Å². The molecule has 0 spiro atoms. The molecule has 0 aliphatic carbocycles. The van der Waals surface area contributed by atoms with E-state index in [9.17, 15) is 0 Å². The first-order valence-corrected chi connectivity index (χ1v) is 9.26. The zero-order valence-corrected chi connectivity index (χ0v) is 14.4. The lowest BCUT2D eigenvalue weighted by Crippen LogP contribution is -2.32. The Morgan fingerprint density at radius 2 is 1.73 bits per heavy atom. The largest absolute Gasteiger partial charge is 0.315 e. The van der Waals surface area contributed by atoms with E-state index in [1.807, 2.05) is 0 Å². The first-order valence-electron chi connectivity index (χ1n) is 8.32. The van der Waals surface area contributed by atoms with Crippen LogP contribution in [-0.2, 0) is 0 Å². The maximum Gasteiger partial charge on any atom is 0.0610 e.